The van der Waals surface area contributed by atoms with Crippen LogP contribution in [-0.2, 0) is 42.9 Å². The predicted octanol–water partition coefficient (Wildman–Crippen LogP) is 4.44. The van der Waals surface area contributed by atoms with Crippen LogP contribution in [0.15, 0.2) is 41.6 Å². The van der Waals surface area contributed by atoms with Crippen molar-refractivity contribution in [2.24, 2.45) is 5.41 Å². The minimum absolute atomic E-state index is 0.0817. The number of hydrogen-bond acceptors (Lipinski definition) is 11. The molecular formula is C34H43NO11. The Kier molecular flexibility index (Phi) is 12.4. The van der Waals surface area contributed by atoms with Crippen LogP contribution in [0.3, 0.4) is 0 Å². The van der Waals surface area contributed by atoms with Gasteiger partial charge in [0.25, 0.3) is 11.8 Å². The molecule has 1 aromatic rings. The molecule has 0 bridgehead atoms. The van der Waals surface area contributed by atoms with Crippen LogP contribution in [0.2, 0.25) is 0 Å². The maximum atomic E-state index is 13.7. The van der Waals surface area contributed by atoms with E-state index in [2.05, 4.69) is 19.6 Å². The minimum Gasteiger partial charge on any atom is -0.463 e. The van der Waals surface area contributed by atoms with E-state index in [1.165, 1.54) is 12.1 Å². The van der Waals surface area contributed by atoms with Crippen molar-refractivity contribution in [3.63, 3.8) is 0 Å². The first-order valence-corrected chi connectivity index (χ1v) is 15.4. The van der Waals surface area contributed by atoms with E-state index >= 15 is 0 Å². The van der Waals surface area contributed by atoms with Crippen LogP contribution in [0.1, 0.15) is 101 Å². The number of esters is 4. The number of hydrogen-bond donors (Lipinski definition) is 0. The number of fused-ring (bicyclic) bond motifs is 1. The van der Waals surface area contributed by atoms with Crippen LogP contribution in [-0.4, -0.2) is 77.8 Å². The van der Waals surface area contributed by atoms with E-state index in [1.54, 1.807) is 12.1 Å². The molecule has 0 saturated carbocycles. The number of benzene rings is 1. The molecule has 250 valence electrons. The van der Waals surface area contributed by atoms with Gasteiger partial charge in [0.15, 0.2) is 12.2 Å². The van der Waals surface area contributed by atoms with Gasteiger partial charge >= 0.3 is 23.9 Å². The van der Waals surface area contributed by atoms with E-state index in [0.29, 0.717) is 0 Å². The number of nitrogens with zero attached hydrogens (tertiary/aromatic N) is 1. The Morgan fingerprint density at radius 3 is 1.91 bits per heavy atom. The lowest BCUT2D eigenvalue weighted by atomic mass is 9.88. The number of imide groups is 1. The summed E-state index contributed by atoms with van der Waals surface area (Å²) < 4.78 is 28.1. The topological polar surface area (TPSA) is 152 Å². The van der Waals surface area contributed by atoms with Crippen molar-refractivity contribution in [1.82, 2.24) is 4.90 Å². The Hall–Kier alpha value is -4.28. The highest BCUT2D eigenvalue weighted by Crippen LogP contribution is 2.36. The molecule has 0 aromatic heterocycles. The number of carbonyl (C=O) groups is 6. The molecule has 1 saturated heterocycles. The molecule has 2 heterocycles. The third-order valence-electron chi connectivity index (χ3n) is 7.41. The molecule has 12 heteroatoms. The third kappa shape index (κ3) is 9.14. The number of ether oxygens (including phenoxy) is 5. The summed E-state index contributed by atoms with van der Waals surface area (Å²) in [4.78, 5) is 77.9. The second-order valence-electron chi connectivity index (χ2n) is 12.1. The molecule has 0 spiro atoms. The van der Waals surface area contributed by atoms with Gasteiger partial charge < -0.3 is 23.7 Å². The fraction of sp³-hybridized carbons (Fsp3) is 0.559. The summed E-state index contributed by atoms with van der Waals surface area (Å²) >= 11 is 0. The molecule has 0 radical (unpaired) electrons. The zero-order chi connectivity index (χ0) is 34.2. The third-order valence-corrected chi connectivity index (χ3v) is 7.41. The lowest BCUT2D eigenvalue weighted by Crippen LogP contribution is -2.67. The van der Waals surface area contributed by atoms with Gasteiger partial charge in [0.2, 0.25) is 6.29 Å². The number of allylic oxidation sites excluding steroid dienone is 1. The van der Waals surface area contributed by atoms with Crippen LogP contribution < -0.4 is 0 Å². The second-order valence-corrected chi connectivity index (χ2v) is 12.1. The molecule has 1 fully saturated rings. The van der Waals surface area contributed by atoms with Crippen molar-refractivity contribution in [2.45, 2.75) is 111 Å². The molecule has 12 nitrogen and oxygen atoms in total. The van der Waals surface area contributed by atoms with Gasteiger partial charge in [0.1, 0.15) is 18.8 Å². The lowest BCUT2D eigenvalue weighted by Gasteiger charge is -2.46. The summed E-state index contributed by atoms with van der Waals surface area (Å²) in [6.07, 6.45) is -0.642. The quantitative estimate of drug-likeness (QED) is 0.130. The Balaban J connectivity index is 2.06. The van der Waals surface area contributed by atoms with Gasteiger partial charge in [-0.05, 0) is 36.6 Å². The second kappa shape index (κ2) is 15.8. The van der Waals surface area contributed by atoms with Gasteiger partial charge in [0, 0.05) is 26.2 Å². The predicted molar refractivity (Wildman–Crippen MR) is 163 cm³/mol. The summed E-state index contributed by atoms with van der Waals surface area (Å²) in [6, 6.07) is 4.51. The summed E-state index contributed by atoms with van der Waals surface area (Å²) in [5, 5.41) is 0. The lowest BCUT2D eigenvalue weighted by molar-refractivity contribution is -0.279. The first-order valence-electron chi connectivity index (χ1n) is 15.4. The molecular weight excluding hydrogens is 598 g/mol. The molecule has 2 aliphatic heterocycles. The van der Waals surface area contributed by atoms with Crippen LogP contribution in [0.5, 0.6) is 0 Å². The number of carbonyl (C=O) groups excluding carboxylic acids is 6. The van der Waals surface area contributed by atoms with Gasteiger partial charge in [-0.25, -0.2) is 0 Å². The average molecular weight is 642 g/mol. The highest BCUT2D eigenvalue weighted by Gasteiger charge is 2.58. The first-order chi connectivity index (χ1) is 21.7. The van der Waals surface area contributed by atoms with Crippen molar-refractivity contribution in [1.29, 1.82) is 0 Å². The van der Waals surface area contributed by atoms with Gasteiger partial charge in [0.05, 0.1) is 17.5 Å². The molecule has 1 aromatic carbocycles. The maximum absolute atomic E-state index is 13.7. The van der Waals surface area contributed by atoms with Crippen LogP contribution in [0.4, 0.5) is 0 Å². The Morgan fingerprint density at radius 1 is 0.870 bits per heavy atom. The van der Waals surface area contributed by atoms with E-state index in [9.17, 15) is 28.8 Å². The highest BCUT2D eigenvalue weighted by molar-refractivity contribution is 6.21. The van der Waals surface area contributed by atoms with Crippen molar-refractivity contribution >= 4 is 35.7 Å². The average Bonchev–Trinajstić information content (AvgIpc) is 3.21. The Bertz CT molecular complexity index is 1360. The number of rotatable bonds is 13. The molecule has 5 atom stereocenters. The Morgan fingerprint density at radius 2 is 1.41 bits per heavy atom. The summed E-state index contributed by atoms with van der Waals surface area (Å²) in [5.74, 6) is -4.57. The fourth-order valence-electron chi connectivity index (χ4n) is 5.50. The smallest absolute Gasteiger partial charge is 0.309 e. The van der Waals surface area contributed by atoms with Crippen molar-refractivity contribution in [3.8, 4) is 0 Å². The van der Waals surface area contributed by atoms with Crippen LogP contribution in [0, 0.1) is 5.41 Å². The molecule has 2 amide bonds. The van der Waals surface area contributed by atoms with Gasteiger partial charge in [-0.15, -0.1) is 5.73 Å². The molecule has 2 aliphatic rings. The van der Waals surface area contributed by atoms with Crippen molar-refractivity contribution in [2.75, 3.05) is 6.61 Å². The molecule has 0 unspecified atom stereocenters. The maximum Gasteiger partial charge on any atom is 0.309 e. The van der Waals surface area contributed by atoms with Crippen molar-refractivity contribution < 1.29 is 52.5 Å². The molecule has 3 rings (SSSR count). The van der Waals surface area contributed by atoms with E-state index < -0.39 is 78.4 Å². The van der Waals surface area contributed by atoms with Gasteiger partial charge in [-0.2, -0.15) is 0 Å². The first kappa shape index (κ1) is 36.2. The minimum atomic E-state index is -1.70. The Labute approximate surface area is 269 Å². The van der Waals surface area contributed by atoms with Crippen LogP contribution >= 0.6 is 0 Å². The zero-order valence-corrected chi connectivity index (χ0v) is 27.5. The van der Waals surface area contributed by atoms with Gasteiger partial charge in [-0.3, -0.25) is 33.7 Å². The normalized spacial score (nSPS) is 22.3. The molecule has 0 aliphatic carbocycles. The standard InChI is InChI=1S/C34H43NO11/c1-8-12-23(13-9-2)16-17-34(6,7)18-27(39)46-33-28(35-31(40)24-14-10-11-15-25(24)32(35)41)30(44-22(5)38)29(43-21(4)37)26(45-33)19-42-20(3)36/h10-11,14-15,17,26,28-30,33H,8-9,12-13,18-19H2,1-7H3/t26-,28-,29-,30-,33+/m1/s1. The van der Waals surface area contributed by atoms with Crippen LogP contribution in [0.25, 0.3) is 0 Å². The fourth-order valence-corrected chi connectivity index (χ4v) is 5.50. The highest BCUT2D eigenvalue weighted by atomic mass is 16.7. The summed E-state index contributed by atoms with van der Waals surface area (Å²) in [6.45, 7) is 10.7. The van der Waals surface area contributed by atoms with Gasteiger partial charge in [-0.1, -0.05) is 52.7 Å². The van der Waals surface area contributed by atoms with E-state index in [1.807, 2.05) is 19.9 Å². The monoisotopic (exact) mass is 641 g/mol. The largest absolute Gasteiger partial charge is 0.463 e. The summed E-state index contributed by atoms with van der Waals surface area (Å²) in [5.41, 5.74) is 3.93. The molecule has 0 N–H and O–H groups in total. The number of amides is 2. The summed E-state index contributed by atoms with van der Waals surface area (Å²) in [7, 11) is 0. The molecule has 46 heavy (non-hydrogen) atoms. The van der Waals surface area contributed by atoms with Crippen molar-refractivity contribution in [3.05, 3.63) is 52.8 Å². The SMILES string of the molecule is CCCC(=C=CC(C)(C)CC(=O)O[C@@H]1O[C@H](COC(C)=O)[C@@H](OC(C)=O)[C@H](OC(C)=O)[C@H]1N1C(=O)c2ccccc2C1=O)CCC. The van der Waals surface area contributed by atoms with E-state index in [0.717, 1.165) is 56.9 Å². The van der Waals surface area contributed by atoms with E-state index in [4.69, 9.17) is 23.7 Å². The zero-order valence-electron chi connectivity index (χ0n) is 27.5. The van der Waals surface area contributed by atoms with E-state index in [-0.39, 0.29) is 17.5 Å².